The van der Waals surface area contributed by atoms with Crippen LogP contribution in [0.4, 0.5) is 0 Å². The fourth-order valence-corrected chi connectivity index (χ4v) is 0.779. The number of ketones is 1. The van der Waals surface area contributed by atoms with Crippen LogP contribution in [-0.4, -0.2) is 15.9 Å². The Morgan fingerprint density at radius 1 is 1.73 bits per heavy atom. The number of hydrogen-bond acceptors (Lipinski definition) is 3. The lowest BCUT2D eigenvalue weighted by molar-refractivity contribution is 0.0980. The van der Waals surface area contributed by atoms with Gasteiger partial charge in [-0.05, 0) is 12.1 Å². The lowest BCUT2D eigenvalue weighted by Gasteiger charge is -1.97. The van der Waals surface area contributed by atoms with Crippen molar-refractivity contribution in [1.29, 1.82) is 0 Å². The van der Waals surface area contributed by atoms with Crippen molar-refractivity contribution in [2.45, 2.75) is 13.3 Å². The lowest BCUT2D eigenvalue weighted by Crippen LogP contribution is -1.99. The summed E-state index contributed by atoms with van der Waals surface area (Å²) in [6.45, 7) is 1.73. The summed E-state index contributed by atoms with van der Waals surface area (Å²) >= 11 is 0. The monoisotopic (exact) mass is 151 g/mol. The molecule has 58 valence electrons. The van der Waals surface area contributed by atoms with E-state index in [-0.39, 0.29) is 17.2 Å². The van der Waals surface area contributed by atoms with Crippen LogP contribution in [0.1, 0.15) is 23.8 Å². The number of hydrogen-bond donors (Lipinski definition) is 1. The fourth-order valence-electron chi connectivity index (χ4n) is 0.779. The van der Waals surface area contributed by atoms with Crippen molar-refractivity contribution in [1.82, 2.24) is 4.98 Å². The van der Waals surface area contributed by atoms with Crippen molar-refractivity contribution in [2.75, 3.05) is 0 Å². The molecule has 1 aromatic heterocycles. The smallest absolute Gasteiger partial charge is 0.184 e. The Morgan fingerprint density at radius 3 is 3.00 bits per heavy atom. The Morgan fingerprint density at radius 2 is 2.45 bits per heavy atom. The summed E-state index contributed by atoms with van der Waals surface area (Å²) in [7, 11) is 0. The van der Waals surface area contributed by atoms with Gasteiger partial charge >= 0.3 is 0 Å². The molecule has 0 unspecified atom stereocenters. The zero-order chi connectivity index (χ0) is 8.27. The van der Waals surface area contributed by atoms with Gasteiger partial charge in [-0.1, -0.05) is 6.92 Å². The van der Waals surface area contributed by atoms with Gasteiger partial charge in [0.2, 0.25) is 0 Å². The van der Waals surface area contributed by atoms with E-state index in [4.69, 9.17) is 5.11 Å². The molecule has 0 spiro atoms. The molecule has 0 aliphatic heterocycles. The third-order valence-corrected chi connectivity index (χ3v) is 1.37. The molecular weight excluding hydrogens is 142 g/mol. The Balaban J connectivity index is 3.03. The third kappa shape index (κ3) is 1.55. The third-order valence-electron chi connectivity index (χ3n) is 1.37. The summed E-state index contributed by atoms with van der Waals surface area (Å²) in [5, 5.41) is 9.13. The number of carbonyl (C=O) groups excluding carboxylic acids is 1. The van der Waals surface area contributed by atoms with Gasteiger partial charge in [-0.25, -0.2) is 4.98 Å². The molecule has 0 aliphatic rings. The molecule has 0 atom stereocenters. The second-order valence-electron chi connectivity index (χ2n) is 2.15. The summed E-state index contributed by atoms with van der Waals surface area (Å²) in [6, 6.07) is 3.04. The van der Waals surface area contributed by atoms with Crippen LogP contribution in [0, 0.1) is 0 Å². The van der Waals surface area contributed by atoms with Crippen molar-refractivity contribution in [2.24, 2.45) is 0 Å². The van der Waals surface area contributed by atoms with Crippen LogP contribution in [0.15, 0.2) is 18.3 Å². The van der Waals surface area contributed by atoms with Gasteiger partial charge in [-0.3, -0.25) is 4.79 Å². The van der Waals surface area contributed by atoms with E-state index < -0.39 is 0 Å². The average molecular weight is 151 g/mol. The number of pyridine rings is 1. The van der Waals surface area contributed by atoms with E-state index in [1.54, 1.807) is 13.0 Å². The van der Waals surface area contributed by atoms with E-state index in [2.05, 4.69) is 4.98 Å². The normalized spacial score (nSPS) is 9.55. The highest BCUT2D eigenvalue weighted by Gasteiger charge is 2.08. The molecule has 3 heteroatoms. The first-order valence-corrected chi connectivity index (χ1v) is 3.43. The summed E-state index contributed by atoms with van der Waals surface area (Å²) in [6.07, 6.45) is 1.85. The highest BCUT2D eigenvalue weighted by Crippen LogP contribution is 2.13. The molecular formula is C8H9NO2. The molecule has 1 rings (SSSR count). The predicted molar refractivity (Wildman–Crippen MR) is 40.5 cm³/mol. The molecule has 11 heavy (non-hydrogen) atoms. The Kier molecular flexibility index (Phi) is 2.21. The van der Waals surface area contributed by atoms with Crippen molar-refractivity contribution in [3.8, 4) is 5.75 Å². The van der Waals surface area contributed by atoms with Gasteiger partial charge in [-0.2, -0.15) is 0 Å². The SMILES string of the molecule is CCC(=O)c1ncccc1O. The highest BCUT2D eigenvalue weighted by atomic mass is 16.3. The van der Waals surface area contributed by atoms with Crippen LogP contribution >= 0.6 is 0 Å². The van der Waals surface area contributed by atoms with Crippen molar-refractivity contribution < 1.29 is 9.90 Å². The first-order chi connectivity index (χ1) is 5.25. The highest BCUT2D eigenvalue weighted by molar-refractivity contribution is 5.96. The van der Waals surface area contributed by atoms with E-state index in [9.17, 15) is 4.79 Å². The quantitative estimate of drug-likeness (QED) is 0.649. The summed E-state index contributed by atoms with van der Waals surface area (Å²) in [5.41, 5.74) is 0.162. The summed E-state index contributed by atoms with van der Waals surface area (Å²) in [5.74, 6) is -0.178. The molecule has 1 aromatic rings. The van der Waals surface area contributed by atoms with Gasteiger partial charge < -0.3 is 5.11 Å². The number of rotatable bonds is 2. The largest absolute Gasteiger partial charge is 0.506 e. The molecule has 1 N–H and O–H groups in total. The molecule has 0 saturated heterocycles. The van der Waals surface area contributed by atoms with E-state index >= 15 is 0 Å². The molecule has 0 amide bonds. The van der Waals surface area contributed by atoms with Gasteiger partial charge in [0, 0.05) is 12.6 Å². The minimum atomic E-state index is -0.136. The van der Waals surface area contributed by atoms with Crippen molar-refractivity contribution >= 4 is 5.78 Å². The number of Topliss-reactive ketones (excluding diaryl/α,β-unsaturated/α-hetero) is 1. The number of carbonyl (C=O) groups is 1. The minimum Gasteiger partial charge on any atom is -0.506 e. The molecule has 0 aliphatic carbocycles. The van der Waals surface area contributed by atoms with Gasteiger partial charge in [0.15, 0.2) is 5.78 Å². The van der Waals surface area contributed by atoms with Crippen LogP contribution in [0.5, 0.6) is 5.75 Å². The number of aromatic hydroxyl groups is 1. The van der Waals surface area contributed by atoms with Crippen molar-refractivity contribution in [3.63, 3.8) is 0 Å². The zero-order valence-corrected chi connectivity index (χ0v) is 6.24. The maximum absolute atomic E-state index is 11.0. The second-order valence-corrected chi connectivity index (χ2v) is 2.15. The van der Waals surface area contributed by atoms with Crippen LogP contribution in [0.25, 0.3) is 0 Å². The predicted octanol–water partition coefficient (Wildman–Crippen LogP) is 1.38. The minimum absolute atomic E-state index is 0.0423. The lowest BCUT2D eigenvalue weighted by atomic mass is 10.2. The topological polar surface area (TPSA) is 50.2 Å². The van der Waals surface area contributed by atoms with E-state index in [1.807, 2.05) is 0 Å². The summed E-state index contributed by atoms with van der Waals surface area (Å²) in [4.78, 5) is 14.8. The molecule has 0 bridgehead atoms. The Labute approximate surface area is 64.7 Å². The van der Waals surface area contributed by atoms with E-state index in [0.29, 0.717) is 6.42 Å². The molecule has 0 aromatic carbocycles. The first kappa shape index (κ1) is 7.72. The van der Waals surface area contributed by atoms with Crippen LogP contribution in [-0.2, 0) is 0 Å². The average Bonchev–Trinajstić information content (AvgIpc) is 2.04. The first-order valence-electron chi connectivity index (χ1n) is 3.43. The fraction of sp³-hybridized carbons (Fsp3) is 0.250. The van der Waals surface area contributed by atoms with Crippen LogP contribution in [0.2, 0.25) is 0 Å². The van der Waals surface area contributed by atoms with Gasteiger partial charge in [0.25, 0.3) is 0 Å². The van der Waals surface area contributed by atoms with Gasteiger partial charge in [-0.15, -0.1) is 0 Å². The van der Waals surface area contributed by atoms with Gasteiger partial charge in [0.1, 0.15) is 11.4 Å². The molecule has 1 heterocycles. The van der Waals surface area contributed by atoms with E-state index in [1.165, 1.54) is 12.3 Å². The second kappa shape index (κ2) is 3.14. The van der Waals surface area contributed by atoms with Gasteiger partial charge in [0.05, 0.1) is 0 Å². The molecule has 0 fully saturated rings. The van der Waals surface area contributed by atoms with Crippen LogP contribution in [0.3, 0.4) is 0 Å². The summed E-state index contributed by atoms with van der Waals surface area (Å²) < 4.78 is 0. The standard InChI is InChI=1S/C8H9NO2/c1-2-6(10)8-7(11)4-3-5-9-8/h3-5,11H,2H2,1H3. The molecule has 0 radical (unpaired) electrons. The Bertz CT molecular complexity index is 271. The zero-order valence-electron chi connectivity index (χ0n) is 6.24. The maximum atomic E-state index is 11.0. The Hall–Kier alpha value is -1.38. The van der Waals surface area contributed by atoms with Crippen LogP contribution < -0.4 is 0 Å². The number of aromatic nitrogens is 1. The molecule has 0 saturated carbocycles. The van der Waals surface area contributed by atoms with Crippen molar-refractivity contribution in [3.05, 3.63) is 24.0 Å². The van der Waals surface area contributed by atoms with E-state index in [0.717, 1.165) is 0 Å². The number of nitrogens with zero attached hydrogens (tertiary/aromatic N) is 1. The maximum Gasteiger partial charge on any atom is 0.184 e. The molecule has 3 nitrogen and oxygen atoms in total.